The van der Waals surface area contributed by atoms with Crippen LogP contribution in [0.15, 0.2) is 24.5 Å². The molecule has 0 fully saturated rings. The molecule has 0 radical (unpaired) electrons. The molecule has 0 spiro atoms. The molecule has 1 amide bonds. The number of aliphatic carboxylic acids is 1. The summed E-state index contributed by atoms with van der Waals surface area (Å²) in [5, 5.41) is 11.5. The summed E-state index contributed by atoms with van der Waals surface area (Å²) in [6.45, 7) is 3.81. The van der Waals surface area contributed by atoms with Crippen LogP contribution in [0.3, 0.4) is 0 Å². The SMILES string of the molecule is CCCC(NC(=O)c1cn2ccc(C)cc2n1)C(=O)O. The van der Waals surface area contributed by atoms with E-state index in [0.717, 1.165) is 5.56 Å². The first-order valence-electron chi connectivity index (χ1n) is 6.50. The van der Waals surface area contributed by atoms with Gasteiger partial charge in [0.25, 0.3) is 5.91 Å². The van der Waals surface area contributed by atoms with E-state index in [1.807, 2.05) is 32.2 Å². The van der Waals surface area contributed by atoms with Gasteiger partial charge in [-0.25, -0.2) is 9.78 Å². The molecule has 1 unspecified atom stereocenters. The fraction of sp³-hybridized carbons (Fsp3) is 0.357. The number of aromatic nitrogens is 2. The lowest BCUT2D eigenvalue weighted by Crippen LogP contribution is -2.40. The van der Waals surface area contributed by atoms with Gasteiger partial charge in [-0.05, 0) is 31.0 Å². The number of rotatable bonds is 5. The van der Waals surface area contributed by atoms with E-state index in [-0.39, 0.29) is 5.69 Å². The minimum absolute atomic E-state index is 0.220. The molecular formula is C14H17N3O3. The highest BCUT2D eigenvalue weighted by Crippen LogP contribution is 2.08. The van der Waals surface area contributed by atoms with Gasteiger partial charge in [0.05, 0.1) is 0 Å². The highest BCUT2D eigenvalue weighted by atomic mass is 16.4. The molecule has 2 N–H and O–H groups in total. The number of fused-ring (bicyclic) bond motifs is 1. The van der Waals surface area contributed by atoms with E-state index in [0.29, 0.717) is 18.5 Å². The lowest BCUT2D eigenvalue weighted by Gasteiger charge is -2.11. The molecule has 6 nitrogen and oxygen atoms in total. The first-order valence-corrected chi connectivity index (χ1v) is 6.50. The van der Waals surface area contributed by atoms with Crippen molar-refractivity contribution in [1.82, 2.24) is 14.7 Å². The molecule has 0 aliphatic rings. The van der Waals surface area contributed by atoms with Crippen molar-refractivity contribution >= 4 is 17.5 Å². The Morgan fingerprint density at radius 3 is 2.90 bits per heavy atom. The Labute approximate surface area is 116 Å². The zero-order valence-corrected chi connectivity index (χ0v) is 11.5. The number of carboxylic acid groups (broad SMARTS) is 1. The van der Waals surface area contributed by atoms with E-state index >= 15 is 0 Å². The summed E-state index contributed by atoms with van der Waals surface area (Å²) < 4.78 is 1.73. The maximum atomic E-state index is 12.0. The van der Waals surface area contributed by atoms with Crippen LogP contribution in [0, 0.1) is 6.92 Å². The first-order chi connectivity index (χ1) is 9.51. The molecular weight excluding hydrogens is 258 g/mol. The number of hydrogen-bond donors (Lipinski definition) is 2. The summed E-state index contributed by atoms with van der Waals surface area (Å²) in [6, 6.07) is 2.89. The van der Waals surface area contributed by atoms with Crippen molar-refractivity contribution in [2.24, 2.45) is 0 Å². The van der Waals surface area contributed by atoms with Crippen LogP contribution in [-0.4, -0.2) is 32.4 Å². The van der Waals surface area contributed by atoms with Gasteiger partial charge in [0.1, 0.15) is 17.4 Å². The van der Waals surface area contributed by atoms with Gasteiger partial charge < -0.3 is 14.8 Å². The van der Waals surface area contributed by atoms with Gasteiger partial charge in [0, 0.05) is 12.4 Å². The Morgan fingerprint density at radius 1 is 1.50 bits per heavy atom. The third kappa shape index (κ3) is 2.96. The van der Waals surface area contributed by atoms with Crippen LogP contribution in [0.2, 0.25) is 0 Å². The van der Waals surface area contributed by atoms with Gasteiger partial charge in [-0.3, -0.25) is 4.79 Å². The Morgan fingerprint density at radius 2 is 2.25 bits per heavy atom. The molecule has 0 aromatic carbocycles. The lowest BCUT2D eigenvalue weighted by molar-refractivity contribution is -0.139. The van der Waals surface area contributed by atoms with Gasteiger partial charge in [-0.15, -0.1) is 0 Å². The molecule has 106 valence electrons. The van der Waals surface area contributed by atoms with E-state index in [4.69, 9.17) is 5.11 Å². The summed E-state index contributed by atoms with van der Waals surface area (Å²) in [6.07, 6.45) is 4.49. The summed E-state index contributed by atoms with van der Waals surface area (Å²) in [5.74, 6) is -1.49. The number of carboxylic acids is 1. The molecule has 2 aromatic heterocycles. The maximum absolute atomic E-state index is 12.0. The van der Waals surface area contributed by atoms with E-state index in [1.54, 1.807) is 10.6 Å². The first kappa shape index (κ1) is 14.0. The maximum Gasteiger partial charge on any atom is 0.326 e. The number of imidazole rings is 1. The minimum Gasteiger partial charge on any atom is -0.480 e. The van der Waals surface area contributed by atoms with Crippen LogP contribution in [-0.2, 0) is 4.79 Å². The van der Waals surface area contributed by atoms with Crippen molar-refractivity contribution < 1.29 is 14.7 Å². The molecule has 2 heterocycles. The zero-order chi connectivity index (χ0) is 14.7. The van der Waals surface area contributed by atoms with Gasteiger partial charge in [0.15, 0.2) is 0 Å². The number of hydrogen-bond acceptors (Lipinski definition) is 3. The molecule has 0 saturated carbocycles. The number of nitrogens with zero attached hydrogens (tertiary/aromatic N) is 2. The van der Waals surface area contributed by atoms with Crippen LogP contribution >= 0.6 is 0 Å². The van der Waals surface area contributed by atoms with E-state index in [2.05, 4.69) is 10.3 Å². The van der Waals surface area contributed by atoms with Gasteiger partial charge in [-0.2, -0.15) is 0 Å². The van der Waals surface area contributed by atoms with Crippen molar-refractivity contribution in [1.29, 1.82) is 0 Å². The zero-order valence-electron chi connectivity index (χ0n) is 11.5. The van der Waals surface area contributed by atoms with Crippen LogP contribution in [0.1, 0.15) is 35.8 Å². The van der Waals surface area contributed by atoms with Gasteiger partial charge in [-0.1, -0.05) is 13.3 Å². The molecule has 0 bridgehead atoms. The molecule has 6 heteroatoms. The Hall–Kier alpha value is -2.37. The van der Waals surface area contributed by atoms with Crippen molar-refractivity contribution in [3.8, 4) is 0 Å². The summed E-state index contributed by atoms with van der Waals surface area (Å²) in [7, 11) is 0. The second-order valence-electron chi connectivity index (χ2n) is 4.75. The second-order valence-corrected chi connectivity index (χ2v) is 4.75. The number of carbonyl (C=O) groups is 2. The highest BCUT2D eigenvalue weighted by Gasteiger charge is 2.21. The predicted molar refractivity (Wildman–Crippen MR) is 73.7 cm³/mol. The standard InChI is InChI=1S/C14H17N3O3/c1-3-4-10(14(19)20)16-13(18)11-8-17-6-5-9(2)7-12(17)15-11/h5-8,10H,3-4H2,1-2H3,(H,16,18)(H,19,20). The molecule has 20 heavy (non-hydrogen) atoms. The molecule has 1 atom stereocenters. The van der Waals surface area contributed by atoms with E-state index in [1.165, 1.54) is 0 Å². The summed E-state index contributed by atoms with van der Waals surface area (Å²) >= 11 is 0. The largest absolute Gasteiger partial charge is 0.480 e. The highest BCUT2D eigenvalue weighted by molar-refractivity contribution is 5.95. The quantitative estimate of drug-likeness (QED) is 0.868. The second kappa shape index (κ2) is 5.73. The monoisotopic (exact) mass is 275 g/mol. The van der Waals surface area contributed by atoms with Gasteiger partial charge >= 0.3 is 5.97 Å². The van der Waals surface area contributed by atoms with Crippen LogP contribution in [0.5, 0.6) is 0 Å². The Balaban J connectivity index is 2.20. The lowest BCUT2D eigenvalue weighted by atomic mass is 10.1. The van der Waals surface area contributed by atoms with Crippen molar-refractivity contribution in [2.45, 2.75) is 32.7 Å². The average molecular weight is 275 g/mol. The van der Waals surface area contributed by atoms with Crippen molar-refractivity contribution in [3.05, 3.63) is 35.8 Å². The topological polar surface area (TPSA) is 83.7 Å². The average Bonchev–Trinajstić information content (AvgIpc) is 2.80. The van der Waals surface area contributed by atoms with E-state index in [9.17, 15) is 9.59 Å². The smallest absolute Gasteiger partial charge is 0.326 e. The number of nitrogens with one attached hydrogen (secondary N) is 1. The predicted octanol–water partition coefficient (Wildman–Crippen LogP) is 1.63. The molecule has 2 aromatic rings. The molecule has 0 aliphatic heterocycles. The number of pyridine rings is 1. The third-order valence-electron chi connectivity index (χ3n) is 3.03. The Kier molecular flexibility index (Phi) is 4.02. The van der Waals surface area contributed by atoms with Gasteiger partial charge in [0.2, 0.25) is 0 Å². The molecule has 0 saturated heterocycles. The minimum atomic E-state index is -1.03. The fourth-order valence-electron chi connectivity index (χ4n) is 1.97. The van der Waals surface area contributed by atoms with Crippen LogP contribution < -0.4 is 5.32 Å². The van der Waals surface area contributed by atoms with E-state index < -0.39 is 17.9 Å². The fourth-order valence-corrected chi connectivity index (χ4v) is 1.97. The van der Waals surface area contributed by atoms with Crippen LogP contribution in [0.4, 0.5) is 0 Å². The molecule has 0 aliphatic carbocycles. The summed E-state index contributed by atoms with van der Waals surface area (Å²) in [5.41, 5.74) is 1.93. The Bertz CT molecular complexity index is 648. The number of amides is 1. The summed E-state index contributed by atoms with van der Waals surface area (Å²) in [4.78, 5) is 27.3. The van der Waals surface area contributed by atoms with Crippen LogP contribution in [0.25, 0.3) is 5.65 Å². The normalized spacial score (nSPS) is 12.3. The number of aryl methyl sites for hydroxylation is 1. The van der Waals surface area contributed by atoms with Crippen molar-refractivity contribution in [3.63, 3.8) is 0 Å². The van der Waals surface area contributed by atoms with Crippen molar-refractivity contribution in [2.75, 3.05) is 0 Å². The molecule has 2 rings (SSSR count). The third-order valence-corrected chi connectivity index (χ3v) is 3.03. The number of carbonyl (C=O) groups excluding carboxylic acids is 1.